The second-order valence-corrected chi connectivity index (χ2v) is 5.37. The molecule has 0 nitrogen and oxygen atoms in total. The van der Waals surface area contributed by atoms with Gasteiger partial charge in [-0.15, -0.1) is 0 Å². The molecule has 0 bridgehead atoms. The average molecular weight is 272 g/mol. The molecule has 2 aromatic rings. The predicted molar refractivity (Wildman–Crippen MR) is 92.2 cm³/mol. The van der Waals surface area contributed by atoms with Crippen LogP contribution in [0.2, 0.25) is 0 Å². The van der Waals surface area contributed by atoms with E-state index in [-0.39, 0.29) is 0 Å². The van der Waals surface area contributed by atoms with Gasteiger partial charge in [0.15, 0.2) is 0 Å². The van der Waals surface area contributed by atoms with Crippen LogP contribution in [0.3, 0.4) is 0 Å². The zero-order valence-electron chi connectivity index (χ0n) is 12.5. The average Bonchev–Trinajstić information content (AvgIpc) is 2.88. The van der Waals surface area contributed by atoms with E-state index in [2.05, 4.69) is 68.6 Å². The fourth-order valence-electron chi connectivity index (χ4n) is 3.43. The molecule has 0 radical (unpaired) electrons. The van der Waals surface area contributed by atoms with E-state index in [1.54, 1.807) is 0 Å². The molecule has 2 aromatic carbocycles. The summed E-state index contributed by atoms with van der Waals surface area (Å²) in [4.78, 5) is 0. The fourth-order valence-corrected chi connectivity index (χ4v) is 3.43. The van der Waals surface area contributed by atoms with Gasteiger partial charge in [-0.25, -0.2) is 0 Å². The summed E-state index contributed by atoms with van der Waals surface area (Å²) in [5.41, 5.74) is 7.84. The molecule has 0 heteroatoms. The number of hydrogen-bond donors (Lipinski definition) is 0. The summed E-state index contributed by atoms with van der Waals surface area (Å²) in [6, 6.07) is 17.2. The first-order chi connectivity index (χ1) is 10.3. The normalized spacial score (nSPS) is 16.7. The van der Waals surface area contributed by atoms with Crippen molar-refractivity contribution in [2.75, 3.05) is 0 Å². The van der Waals surface area contributed by atoms with Gasteiger partial charge in [0.05, 0.1) is 0 Å². The minimum absolute atomic E-state index is 0.439. The van der Waals surface area contributed by atoms with E-state index in [1.165, 1.54) is 33.4 Å². The molecule has 1 aliphatic carbocycles. The molecule has 0 fully saturated rings. The van der Waals surface area contributed by atoms with E-state index in [1.807, 2.05) is 12.2 Å². The lowest BCUT2D eigenvalue weighted by Crippen LogP contribution is -1.96. The Hall–Kier alpha value is -2.34. The van der Waals surface area contributed by atoms with Crippen LogP contribution < -0.4 is 0 Å². The lowest BCUT2D eigenvalue weighted by molar-refractivity contribution is 0.792. The van der Waals surface area contributed by atoms with Gasteiger partial charge in [-0.2, -0.15) is 0 Å². The fraction of sp³-hybridized carbons (Fsp3) is 0.143. The van der Waals surface area contributed by atoms with Crippen LogP contribution in [0.4, 0.5) is 0 Å². The SMILES string of the molecule is C=CC1=C(C=C)C(CC)c2cccc(-c3ccccc3)c21. The Bertz CT molecular complexity index is 717. The number of allylic oxidation sites excluding steroid dienone is 4. The molecule has 0 aromatic heterocycles. The highest BCUT2D eigenvalue weighted by atomic mass is 14.3. The Morgan fingerprint density at radius 1 is 0.952 bits per heavy atom. The summed E-state index contributed by atoms with van der Waals surface area (Å²) in [5.74, 6) is 0.439. The molecule has 0 saturated heterocycles. The molecule has 1 aliphatic rings. The van der Waals surface area contributed by atoms with Crippen LogP contribution in [0, 0.1) is 0 Å². The number of rotatable bonds is 4. The van der Waals surface area contributed by atoms with Crippen LogP contribution in [0.15, 0.2) is 79.4 Å². The molecule has 3 rings (SSSR count). The molecule has 0 heterocycles. The summed E-state index contributed by atoms with van der Waals surface area (Å²) >= 11 is 0. The first-order valence-corrected chi connectivity index (χ1v) is 7.49. The molecule has 0 saturated carbocycles. The molecular formula is C21H20. The number of fused-ring (bicyclic) bond motifs is 1. The van der Waals surface area contributed by atoms with E-state index in [9.17, 15) is 0 Å². The molecular weight excluding hydrogens is 252 g/mol. The van der Waals surface area contributed by atoms with Crippen LogP contribution in [0.1, 0.15) is 30.4 Å². The van der Waals surface area contributed by atoms with Gasteiger partial charge in [-0.3, -0.25) is 0 Å². The van der Waals surface area contributed by atoms with Crippen LogP contribution in [-0.4, -0.2) is 0 Å². The van der Waals surface area contributed by atoms with Crippen molar-refractivity contribution in [2.45, 2.75) is 19.3 Å². The van der Waals surface area contributed by atoms with Gasteiger partial charge in [0.25, 0.3) is 0 Å². The Morgan fingerprint density at radius 3 is 2.33 bits per heavy atom. The summed E-state index contributed by atoms with van der Waals surface area (Å²) < 4.78 is 0. The Labute approximate surface area is 127 Å². The van der Waals surface area contributed by atoms with Crippen LogP contribution in [0.25, 0.3) is 16.7 Å². The minimum atomic E-state index is 0.439. The van der Waals surface area contributed by atoms with Crippen molar-refractivity contribution in [2.24, 2.45) is 0 Å². The molecule has 104 valence electrons. The summed E-state index contributed by atoms with van der Waals surface area (Å²) in [5, 5.41) is 0. The lowest BCUT2D eigenvalue weighted by Gasteiger charge is -2.13. The van der Waals surface area contributed by atoms with Gasteiger partial charge in [-0.1, -0.05) is 80.8 Å². The topological polar surface area (TPSA) is 0 Å². The Balaban J connectivity index is 2.30. The largest absolute Gasteiger partial charge is 0.0987 e. The quantitative estimate of drug-likeness (QED) is 0.641. The lowest BCUT2D eigenvalue weighted by atomic mass is 9.90. The number of benzene rings is 2. The van der Waals surface area contributed by atoms with Gasteiger partial charge in [-0.05, 0) is 39.8 Å². The van der Waals surface area contributed by atoms with Crippen molar-refractivity contribution in [1.29, 1.82) is 0 Å². The molecule has 1 atom stereocenters. The van der Waals surface area contributed by atoms with E-state index in [4.69, 9.17) is 0 Å². The Kier molecular flexibility index (Phi) is 3.62. The van der Waals surface area contributed by atoms with Crippen molar-refractivity contribution in [3.8, 4) is 11.1 Å². The van der Waals surface area contributed by atoms with E-state index >= 15 is 0 Å². The van der Waals surface area contributed by atoms with Crippen molar-refractivity contribution in [3.63, 3.8) is 0 Å². The minimum Gasteiger partial charge on any atom is -0.0987 e. The molecule has 0 spiro atoms. The molecule has 1 unspecified atom stereocenters. The highest BCUT2D eigenvalue weighted by molar-refractivity contribution is 5.93. The van der Waals surface area contributed by atoms with Gasteiger partial charge in [0.2, 0.25) is 0 Å². The molecule has 0 amide bonds. The van der Waals surface area contributed by atoms with Crippen LogP contribution >= 0.6 is 0 Å². The summed E-state index contributed by atoms with van der Waals surface area (Å²) in [6.07, 6.45) is 5.07. The van der Waals surface area contributed by atoms with E-state index < -0.39 is 0 Å². The summed E-state index contributed by atoms with van der Waals surface area (Å²) in [6.45, 7) is 10.3. The zero-order valence-corrected chi connectivity index (χ0v) is 12.5. The first-order valence-electron chi connectivity index (χ1n) is 7.49. The van der Waals surface area contributed by atoms with Gasteiger partial charge >= 0.3 is 0 Å². The first kappa shape index (κ1) is 13.6. The maximum absolute atomic E-state index is 4.04. The van der Waals surface area contributed by atoms with E-state index in [0.29, 0.717) is 5.92 Å². The van der Waals surface area contributed by atoms with E-state index in [0.717, 1.165) is 6.42 Å². The van der Waals surface area contributed by atoms with Crippen molar-refractivity contribution < 1.29 is 0 Å². The standard InChI is InChI=1S/C21H20/c1-4-16-17(5-2)20-14-10-13-19(21(20)18(16)6-3)15-11-8-7-9-12-15/h4,6-14,17H,1,3,5H2,2H3. The third kappa shape index (κ3) is 2.08. The van der Waals surface area contributed by atoms with Crippen molar-refractivity contribution >= 4 is 5.57 Å². The van der Waals surface area contributed by atoms with Gasteiger partial charge in [0.1, 0.15) is 0 Å². The molecule has 21 heavy (non-hydrogen) atoms. The third-order valence-corrected chi connectivity index (χ3v) is 4.34. The third-order valence-electron chi connectivity index (χ3n) is 4.34. The maximum atomic E-state index is 4.04. The van der Waals surface area contributed by atoms with Crippen molar-refractivity contribution in [3.05, 3.63) is 90.5 Å². The Morgan fingerprint density at radius 2 is 1.71 bits per heavy atom. The maximum Gasteiger partial charge on any atom is 0.00990 e. The smallest absolute Gasteiger partial charge is 0.00990 e. The second-order valence-electron chi connectivity index (χ2n) is 5.37. The number of hydrogen-bond acceptors (Lipinski definition) is 0. The molecule has 0 N–H and O–H groups in total. The molecule has 0 aliphatic heterocycles. The predicted octanol–water partition coefficient (Wildman–Crippen LogP) is 5.99. The summed E-state index contributed by atoms with van der Waals surface area (Å²) in [7, 11) is 0. The second kappa shape index (κ2) is 5.57. The highest BCUT2D eigenvalue weighted by Crippen LogP contribution is 2.48. The monoisotopic (exact) mass is 272 g/mol. The van der Waals surface area contributed by atoms with Crippen LogP contribution in [0.5, 0.6) is 0 Å². The highest BCUT2D eigenvalue weighted by Gasteiger charge is 2.29. The van der Waals surface area contributed by atoms with Crippen molar-refractivity contribution in [1.82, 2.24) is 0 Å². The zero-order chi connectivity index (χ0) is 14.8. The van der Waals surface area contributed by atoms with Gasteiger partial charge < -0.3 is 0 Å². The van der Waals surface area contributed by atoms with Crippen LogP contribution in [-0.2, 0) is 0 Å². The van der Waals surface area contributed by atoms with Gasteiger partial charge in [0, 0.05) is 5.92 Å².